The van der Waals surface area contributed by atoms with Gasteiger partial charge in [0.1, 0.15) is 5.82 Å². The second-order valence-electron chi connectivity index (χ2n) is 6.50. The van der Waals surface area contributed by atoms with Gasteiger partial charge < -0.3 is 10.2 Å². The van der Waals surface area contributed by atoms with Gasteiger partial charge >= 0.3 is 0 Å². The minimum Gasteiger partial charge on any atom is -0.349 e. The van der Waals surface area contributed by atoms with E-state index >= 15 is 0 Å². The maximum absolute atomic E-state index is 13.2. The molecule has 1 aliphatic heterocycles. The Bertz CT molecular complexity index is 759. The lowest BCUT2D eigenvalue weighted by Gasteiger charge is -2.32. The van der Waals surface area contributed by atoms with Crippen LogP contribution in [-0.4, -0.2) is 40.8 Å². The minimum atomic E-state index is -0.278. The summed E-state index contributed by atoms with van der Waals surface area (Å²) in [6.45, 7) is 1.25. The number of aromatic nitrogens is 1. The van der Waals surface area contributed by atoms with Crippen LogP contribution >= 0.6 is 0 Å². The van der Waals surface area contributed by atoms with Crippen LogP contribution in [0.25, 0.3) is 0 Å². The summed E-state index contributed by atoms with van der Waals surface area (Å²) in [5.74, 6) is -0.333. The molecule has 26 heavy (non-hydrogen) atoms. The third kappa shape index (κ3) is 4.88. The number of rotatable bonds is 5. The fraction of sp³-hybridized carbons (Fsp3) is 0.350. The Kier molecular flexibility index (Phi) is 5.94. The highest BCUT2D eigenvalue weighted by Crippen LogP contribution is 2.14. The molecule has 1 N–H and O–H groups in total. The molecule has 1 aromatic heterocycles. The number of benzene rings is 1. The number of carbonyl (C=O) groups is 2. The number of nitrogens with one attached hydrogen (secondary N) is 1. The molecule has 6 heteroatoms. The van der Waals surface area contributed by atoms with Gasteiger partial charge in [-0.2, -0.15) is 0 Å². The fourth-order valence-electron chi connectivity index (χ4n) is 3.14. The van der Waals surface area contributed by atoms with Crippen LogP contribution in [0.3, 0.4) is 0 Å². The molecule has 2 amide bonds. The Morgan fingerprint density at radius 1 is 1.19 bits per heavy atom. The van der Waals surface area contributed by atoms with Crippen molar-refractivity contribution in [3.63, 3.8) is 0 Å². The van der Waals surface area contributed by atoms with Gasteiger partial charge in [-0.1, -0.05) is 12.1 Å². The monoisotopic (exact) mass is 355 g/mol. The molecule has 0 aliphatic carbocycles. The Balaban J connectivity index is 1.43. The van der Waals surface area contributed by atoms with E-state index in [1.54, 1.807) is 30.6 Å². The van der Waals surface area contributed by atoms with Crippen LogP contribution in [0.5, 0.6) is 0 Å². The van der Waals surface area contributed by atoms with E-state index in [9.17, 15) is 14.0 Å². The van der Waals surface area contributed by atoms with Crippen molar-refractivity contribution in [2.24, 2.45) is 0 Å². The first-order chi connectivity index (χ1) is 12.6. The number of likely N-dealkylation sites (tertiary alicyclic amines) is 1. The molecule has 1 aromatic carbocycles. The molecule has 136 valence electrons. The SMILES string of the molecule is O=C(NC1CCN(C(=O)CCc2cccc(F)c2)CC1)c1cccnc1. The zero-order chi connectivity index (χ0) is 18.4. The summed E-state index contributed by atoms with van der Waals surface area (Å²) < 4.78 is 13.2. The highest BCUT2D eigenvalue weighted by molar-refractivity contribution is 5.94. The van der Waals surface area contributed by atoms with Gasteiger partial charge in [0.15, 0.2) is 0 Å². The first kappa shape index (κ1) is 18.0. The molecule has 0 radical (unpaired) electrons. The number of piperidine rings is 1. The quantitative estimate of drug-likeness (QED) is 0.897. The van der Waals surface area contributed by atoms with Crippen molar-refractivity contribution >= 4 is 11.8 Å². The summed E-state index contributed by atoms with van der Waals surface area (Å²) in [4.78, 5) is 30.3. The molecule has 1 fully saturated rings. The van der Waals surface area contributed by atoms with Crippen molar-refractivity contribution in [3.8, 4) is 0 Å². The van der Waals surface area contributed by atoms with Gasteiger partial charge in [0.05, 0.1) is 5.56 Å². The number of carbonyl (C=O) groups excluding carboxylic acids is 2. The van der Waals surface area contributed by atoms with E-state index in [-0.39, 0.29) is 23.7 Å². The van der Waals surface area contributed by atoms with Crippen LogP contribution < -0.4 is 5.32 Å². The molecular formula is C20H22FN3O2. The molecule has 2 heterocycles. The minimum absolute atomic E-state index is 0.0648. The summed E-state index contributed by atoms with van der Waals surface area (Å²) in [7, 11) is 0. The summed E-state index contributed by atoms with van der Waals surface area (Å²) in [6, 6.07) is 9.88. The van der Waals surface area contributed by atoms with E-state index in [2.05, 4.69) is 10.3 Å². The number of pyridine rings is 1. The summed E-state index contributed by atoms with van der Waals surface area (Å²) in [6.07, 6.45) is 5.55. The lowest BCUT2D eigenvalue weighted by Crippen LogP contribution is -2.46. The van der Waals surface area contributed by atoms with E-state index in [1.165, 1.54) is 12.1 Å². The van der Waals surface area contributed by atoms with Gasteiger partial charge in [-0.25, -0.2) is 4.39 Å². The second-order valence-corrected chi connectivity index (χ2v) is 6.50. The Hall–Kier alpha value is -2.76. The average molecular weight is 355 g/mol. The van der Waals surface area contributed by atoms with E-state index in [1.807, 2.05) is 11.0 Å². The third-order valence-electron chi connectivity index (χ3n) is 4.62. The van der Waals surface area contributed by atoms with Crippen LogP contribution in [0.15, 0.2) is 48.8 Å². The highest BCUT2D eigenvalue weighted by atomic mass is 19.1. The highest BCUT2D eigenvalue weighted by Gasteiger charge is 2.24. The summed E-state index contributed by atoms with van der Waals surface area (Å²) in [5, 5.41) is 3.00. The van der Waals surface area contributed by atoms with Crippen molar-refractivity contribution in [3.05, 3.63) is 65.7 Å². The summed E-state index contributed by atoms with van der Waals surface area (Å²) >= 11 is 0. The van der Waals surface area contributed by atoms with Crippen LogP contribution in [0, 0.1) is 5.82 Å². The molecule has 0 saturated carbocycles. The molecule has 5 nitrogen and oxygen atoms in total. The number of hydrogen-bond donors (Lipinski definition) is 1. The largest absolute Gasteiger partial charge is 0.349 e. The second kappa shape index (κ2) is 8.56. The number of amides is 2. The van der Waals surface area contributed by atoms with Crippen LogP contribution in [0.2, 0.25) is 0 Å². The van der Waals surface area contributed by atoms with Gasteiger partial charge in [-0.3, -0.25) is 14.6 Å². The van der Waals surface area contributed by atoms with Gasteiger partial charge in [0, 0.05) is 37.9 Å². The first-order valence-electron chi connectivity index (χ1n) is 8.85. The number of hydrogen-bond acceptors (Lipinski definition) is 3. The van der Waals surface area contributed by atoms with Crippen LogP contribution in [0.1, 0.15) is 35.2 Å². The van der Waals surface area contributed by atoms with Crippen LogP contribution in [-0.2, 0) is 11.2 Å². The maximum atomic E-state index is 13.2. The van der Waals surface area contributed by atoms with Crippen molar-refractivity contribution in [2.75, 3.05) is 13.1 Å². The maximum Gasteiger partial charge on any atom is 0.253 e. The normalized spacial score (nSPS) is 14.9. The standard InChI is InChI=1S/C20H22FN3O2/c21-17-5-1-3-15(13-17)6-7-19(25)24-11-8-18(9-12-24)23-20(26)16-4-2-10-22-14-16/h1-5,10,13-14,18H,6-9,11-12H2,(H,23,26). The number of aryl methyl sites for hydroxylation is 1. The van der Waals surface area contributed by atoms with E-state index < -0.39 is 0 Å². The Morgan fingerprint density at radius 3 is 2.69 bits per heavy atom. The van der Waals surface area contributed by atoms with Crippen molar-refractivity contribution < 1.29 is 14.0 Å². The van der Waals surface area contributed by atoms with Gasteiger partial charge in [0.2, 0.25) is 5.91 Å². The zero-order valence-corrected chi connectivity index (χ0v) is 14.5. The van der Waals surface area contributed by atoms with Crippen LogP contribution in [0.4, 0.5) is 4.39 Å². The lowest BCUT2D eigenvalue weighted by atomic mass is 10.0. The van der Waals surface area contributed by atoms with Crippen molar-refractivity contribution in [1.82, 2.24) is 15.2 Å². The van der Waals surface area contributed by atoms with Gasteiger partial charge in [0.25, 0.3) is 5.91 Å². The zero-order valence-electron chi connectivity index (χ0n) is 14.5. The molecule has 2 aromatic rings. The number of nitrogens with zero attached hydrogens (tertiary/aromatic N) is 2. The Labute approximate surface area is 152 Å². The van der Waals surface area contributed by atoms with Gasteiger partial charge in [-0.15, -0.1) is 0 Å². The van der Waals surface area contributed by atoms with E-state index in [0.29, 0.717) is 31.5 Å². The topological polar surface area (TPSA) is 62.3 Å². The molecule has 1 aliphatic rings. The molecule has 0 bridgehead atoms. The number of halogens is 1. The predicted molar refractivity (Wildman–Crippen MR) is 96.0 cm³/mol. The van der Waals surface area contributed by atoms with Crippen molar-refractivity contribution in [1.29, 1.82) is 0 Å². The first-order valence-corrected chi connectivity index (χ1v) is 8.85. The van der Waals surface area contributed by atoms with Gasteiger partial charge in [-0.05, 0) is 49.1 Å². The summed E-state index contributed by atoms with van der Waals surface area (Å²) in [5.41, 5.74) is 1.37. The Morgan fingerprint density at radius 2 is 2.00 bits per heavy atom. The smallest absolute Gasteiger partial charge is 0.253 e. The van der Waals surface area contributed by atoms with E-state index in [4.69, 9.17) is 0 Å². The molecule has 0 spiro atoms. The molecule has 0 unspecified atom stereocenters. The fourth-order valence-corrected chi connectivity index (χ4v) is 3.14. The molecular weight excluding hydrogens is 333 g/mol. The predicted octanol–water partition coefficient (Wildman–Crippen LogP) is 2.57. The average Bonchev–Trinajstić information content (AvgIpc) is 2.67. The molecule has 0 atom stereocenters. The third-order valence-corrected chi connectivity index (χ3v) is 4.62. The molecule has 3 rings (SSSR count). The van der Waals surface area contributed by atoms with Crippen molar-refractivity contribution in [2.45, 2.75) is 31.7 Å². The lowest BCUT2D eigenvalue weighted by molar-refractivity contribution is -0.132. The van der Waals surface area contributed by atoms with E-state index in [0.717, 1.165) is 18.4 Å². The molecule has 1 saturated heterocycles.